The van der Waals surface area contributed by atoms with E-state index in [2.05, 4.69) is 0 Å². The molecule has 7 nitrogen and oxygen atoms in total. The molecule has 0 fully saturated rings. The zero-order valence-corrected chi connectivity index (χ0v) is 16.9. The van der Waals surface area contributed by atoms with Crippen LogP contribution in [-0.4, -0.2) is 41.6 Å². The van der Waals surface area contributed by atoms with Crippen molar-refractivity contribution in [2.45, 2.75) is 65.2 Å². The number of anilines is 1. The number of amides is 1. The molecule has 1 amide bonds. The molecule has 0 aliphatic rings. The van der Waals surface area contributed by atoms with Gasteiger partial charge in [0, 0.05) is 5.69 Å². The van der Waals surface area contributed by atoms with Gasteiger partial charge in [0.25, 0.3) is 0 Å². The van der Waals surface area contributed by atoms with Crippen molar-refractivity contribution in [3.8, 4) is 0 Å². The van der Waals surface area contributed by atoms with Crippen molar-refractivity contribution < 1.29 is 23.9 Å². The van der Waals surface area contributed by atoms with Gasteiger partial charge in [0.2, 0.25) is 5.91 Å². The monoisotopic (exact) mass is 378 g/mol. The first-order valence-electron chi connectivity index (χ1n) is 8.84. The van der Waals surface area contributed by atoms with Crippen molar-refractivity contribution in [2.24, 2.45) is 5.73 Å². The summed E-state index contributed by atoms with van der Waals surface area (Å²) in [6, 6.07) is 7.50. The lowest BCUT2D eigenvalue weighted by molar-refractivity contribution is -0.156. The number of esters is 2. The number of benzene rings is 1. The molecule has 0 heterocycles. The fourth-order valence-electron chi connectivity index (χ4n) is 2.26. The number of rotatable bonds is 6. The lowest BCUT2D eigenvalue weighted by Crippen LogP contribution is -2.48. The summed E-state index contributed by atoms with van der Waals surface area (Å²) in [5.41, 5.74) is 5.08. The molecule has 150 valence electrons. The molecule has 2 N–H and O–H groups in total. The molecule has 27 heavy (non-hydrogen) atoms. The van der Waals surface area contributed by atoms with Crippen LogP contribution in [-0.2, 0) is 23.9 Å². The van der Waals surface area contributed by atoms with Crippen molar-refractivity contribution in [1.82, 2.24) is 0 Å². The molecule has 0 aliphatic carbocycles. The minimum absolute atomic E-state index is 0.284. The predicted molar refractivity (Wildman–Crippen MR) is 103 cm³/mol. The van der Waals surface area contributed by atoms with Gasteiger partial charge in [-0.05, 0) is 53.7 Å². The Bertz CT molecular complexity index is 659. The van der Waals surface area contributed by atoms with Crippen LogP contribution in [0.1, 0.15) is 48.0 Å². The fraction of sp³-hybridized carbons (Fsp3) is 0.550. The SMILES string of the molecule is CC(C)(C)OC(=O)C[C@H](N)C(=O)N(CC(=O)OC(C)(C)C)c1ccccc1. The van der Waals surface area contributed by atoms with Crippen molar-refractivity contribution in [3.05, 3.63) is 30.3 Å². The van der Waals surface area contributed by atoms with Gasteiger partial charge < -0.3 is 15.2 Å². The quantitative estimate of drug-likeness (QED) is 0.763. The summed E-state index contributed by atoms with van der Waals surface area (Å²) in [4.78, 5) is 38.3. The number of hydrogen-bond acceptors (Lipinski definition) is 6. The molecular weight excluding hydrogens is 348 g/mol. The van der Waals surface area contributed by atoms with E-state index >= 15 is 0 Å². The van der Waals surface area contributed by atoms with E-state index in [1.807, 2.05) is 0 Å². The molecule has 1 aromatic carbocycles. The van der Waals surface area contributed by atoms with Crippen molar-refractivity contribution >= 4 is 23.5 Å². The lowest BCUT2D eigenvalue weighted by atomic mass is 10.1. The zero-order chi connectivity index (χ0) is 20.8. The first kappa shape index (κ1) is 22.6. The smallest absolute Gasteiger partial charge is 0.326 e. The summed E-state index contributed by atoms with van der Waals surface area (Å²) in [7, 11) is 0. The third kappa shape index (κ3) is 8.68. The van der Waals surface area contributed by atoms with Gasteiger partial charge >= 0.3 is 11.9 Å². The Morgan fingerprint density at radius 2 is 1.41 bits per heavy atom. The normalized spacial score (nSPS) is 12.9. The first-order valence-corrected chi connectivity index (χ1v) is 8.84. The number of nitrogens with two attached hydrogens (primary N) is 1. The van der Waals surface area contributed by atoms with E-state index in [4.69, 9.17) is 15.2 Å². The van der Waals surface area contributed by atoms with E-state index in [-0.39, 0.29) is 13.0 Å². The summed E-state index contributed by atoms with van der Waals surface area (Å²) in [6.07, 6.45) is -0.284. The molecule has 0 unspecified atom stereocenters. The van der Waals surface area contributed by atoms with Gasteiger partial charge in [-0.3, -0.25) is 19.3 Å². The molecule has 0 aromatic heterocycles. The van der Waals surface area contributed by atoms with Gasteiger partial charge in [0.1, 0.15) is 17.7 Å². The van der Waals surface area contributed by atoms with Crippen molar-refractivity contribution in [1.29, 1.82) is 0 Å². The number of carbonyl (C=O) groups excluding carboxylic acids is 3. The number of para-hydroxylation sites is 1. The maximum Gasteiger partial charge on any atom is 0.326 e. The van der Waals surface area contributed by atoms with Crippen LogP contribution in [0, 0.1) is 0 Å². The Balaban J connectivity index is 2.93. The Hall–Kier alpha value is -2.41. The number of ether oxygens (including phenoxy) is 2. The number of carbonyl (C=O) groups is 3. The second kappa shape index (κ2) is 8.99. The second-order valence-electron chi connectivity index (χ2n) is 8.24. The van der Waals surface area contributed by atoms with Crippen LogP contribution in [0.3, 0.4) is 0 Å². The highest BCUT2D eigenvalue weighted by atomic mass is 16.6. The van der Waals surface area contributed by atoms with Gasteiger partial charge in [-0.25, -0.2) is 0 Å². The van der Waals surface area contributed by atoms with Crippen LogP contribution < -0.4 is 10.6 Å². The molecule has 1 atom stereocenters. The van der Waals surface area contributed by atoms with Crippen LogP contribution in [0.5, 0.6) is 0 Å². The van der Waals surface area contributed by atoms with Crippen LogP contribution >= 0.6 is 0 Å². The van der Waals surface area contributed by atoms with E-state index in [1.54, 1.807) is 71.9 Å². The van der Waals surface area contributed by atoms with Gasteiger partial charge in [0.05, 0.1) is 12.5 Å². The Morgan fingerprint density at radius 3 is 1.89 bits per heavy atom. The molecule has 0 radical (unpaired) electrons. The standard InChI is InChI=1S/C20H30N2O5/c1-19(2,3)26-16(23)12-15(21)18(25)22(14-10-8-7-9-11-14)13-17(24)27-20(4,5)6/h7-11,15H,12-13,21H2,1-6H3/t15-/m0/s1. The van der Waals surface area contributed by atoms with Crippen LogP contribution in [0.25, 0.3) is 0 Å². The summed E-state index contributed by atoms with van der Waals surface area (Å²) >= 11 is 0. The maximum atomic E-state index is 12.8. The minimum atomic E-state index is -1.14. The molecule has 7 heteroatoms. The third-order valence-electron chi connectivity index (χ3n) is 3.16. The van der Waals surface area contributed by atoms with Crippen molar-refractivity contribution in [3.63, 3.8) is 0 Å². The maximum absolute atomic E-state index is 12.8. The first-order chi connectivity index (χ1) is 12.3. The third-order valence-corrected chi connectivity index (χ3v) is 3.16. The number of hydrogen-bond donors (Lipinski definition) is 1. The Kier molecular flexibility index (Phi) is 7.54. The average Bonchev–Trinajstić information content (AvgIpc) is 2.49. The topological polar surface area (TPSA) is 98.9 Å². The highest BCUT2D eigenvalue weighted by Crippen LogP contribution is 2.17. The van der Waals surface area contributed by atoms with E-state index < -0.39 is 35.1 Å². The number of nitrogens with zero attached hydrogens (tertiary/aromatic N) is 1. The second-order valence-corrected chi connectivity index (χ2v) is 8.24. The van der Waals surface area contributed by atoms with Crippen LogP contribution in [0.2, 0.25) is 0 Å². The molecule has 0 spiro atoms. The average molecular weight is 378 g/mol. The van der Waals surface area contributed by atoms with Gasteiger partial charge in [-0.2, -0.15) is 0 Å². The van der Waals surface area contributed by atoms with Gasteiger partial charge in [-0.15, -0.1) is 0 Å². The molecular formula is C20H30N2O5. The van der Waals surface area contributed by atoms with Gasteiger partial charge in [-0.1, -0.05) is 18.2 Å². The molecule has 0 bridgehead atoms. The van der Waals surface area contributed by atoms with Crippen LogP contribution in [0.15, 0.2) is 30.3 Å². The molecule has 0 saturated heterocycles. The summed E-state index contributed by atoms with van der Waals surface area (Å²) in [5.74, 6) is -1.70. The lowest BCUT2D eigenvalue weighted by Gasteiger charge is -2.27. The zero-order valence-electron chi connectivity index (χ0n) is 16.9. The Labute approximate surface area is 160 Å². The highest BCUT2D eigenvalue weighted by molar-refractivity contribution is 6.02. The minimum Gasteiger partial charge on any atom is -0.460 e. The molecule has 1 rings (SSSR count). The molecule has 1 aromatic rings. The van der Waals surface area contributed by atoms with E-state index in [0.717, 1.165) is 0 Å². The Morgan fingerprint density at radius 1 is 0.926 bits per heavy atom. The summed E-state index contributed by atoms with van der Waals surface area (Å²) < 4.78 is 10.5. The van der Waals surface area contributed by atoms with E-state index in [9.17, 15) is 14.4 Å². The fourth-order valence-corrected chi connectivity index (χ4v) is 2.26. The van der Waals surface area contributed by atoms with Crippen molar-refractivity contribution in [2.75, 3.05) is 11.4 Å². The van der Waals surface area contributed by atoms with E-state index in [1.165, 1.54) is 4.90 Å². The summed E-state index contributed by atoms with van der Waals surface area (Å²) in [5, 5.41) is 0. The predicted octanol–water partition coefficient (Wildman–Crippen LogP) is 2.42. The summed E-state index contributed by atoms with van der Waals surface area (Å²) in [6.45, 7) is 10.1. The van der Waals surface area contributed by atoms with Crippen LogP contribution in [0.4, 0.5) is 5.69 Å². The molecule has 0 aliphatic heterocycles. The van der Waals surface area contributed by atoms with E-state index in [0.29, 0.717) is 5.69 Å². The molecule has 0 saturated carbocycles. The van der Waals surface area contributed by atoms with Gasteiger partial charge in [0.15, 0.2) is 0 Å². The highest BCUT2D eigenvalue weighted by Gasteiger charge is 2.29. The largest absolute Gasteiger partial charge is 0.460 e.